The number of halogens is 2. The highest BCUT2D eigenvalue weighted by Crippen LogP contribution is 2.25. The van der Waals surface area contributed by atoms with Crippen molar-refractivity contribution in [1.29, 1.82) is 5.26 Å². The van der Waals surface area contributed by atoms with Gasteiger partial charge in [0.25, 0.3) is 0 Å². The summed E-state index contributed by atoms with van der Waals surface area (Å²) < 4.78 is 26.7. The third-order valence-electron chi connectivity index (χ3n) is 3.52. The monoisotopic (exact) mass is 250 g/mol. The summed E-state index contributed by atoms with van der Waals surface area (Å²) >= 11 is 0. The molecule has 1 aliphatic carbocycles. The van der Waals surface area contributed by atoms with Crippen molar-refractivity contribution in [3.05, 3.63) is 35.4 Å². The Morgan fingerprint density at radius 1 is 1.28 bits per heavy atom. The molecule has 0 spiro atoms. The molecule has 0 radical (unpaired) electrons. The number of rotatable bonds is 4. The van der Waals surface area contributed by atoms with Gasteiger partial charge in [-0.2, -0.15) is 5.26 Å². The van der Waals surface area contributed by atoms with Gasteiger partial charge in [-0.15, -0.1) is 0 Å². The molecule has 0 bridgehead atoms. The number of hydrogen-bond donors (Lipinski definition) is 0. The fourth-order valence-electron chi connectivity index (χ4n) is 2.56. The lowest BCUT2D eigenvalue weighted by Gasteiger charge is -2.26. The smallest absolute Gasteiger partial charge is 0.163 e. The number of nitrogens with zero attached hydrogens (tertiary/aromatic N) is 2. The van der Waals surface area contributed by atoms with Crippen LogP contribution in [-0.2, 0) is 6.54 Å². The predicted molar refractivity (Wildman–Crippen MR) is 64.6 cm³/mol. The fraction of sp³-hybridized carbons (Fsp3) is 0.500. The average molecular weight is 250 g/mol. The van der Waals surface area contributed by atoms with Crippen LogP contribution in [0.25, 0.3) is 0 Å². The Balaban J connectivity index is 2.13. The van der Waals surface area contributed by atoms with E-state index in [4.69, 9.17) is 5.26 Å². The minimum atomic E-state index is -0.823. The lowest BCUT2D eigenvalue weighted by atomic mass is 10.1. The average Bonchev–Trinajstić information content (AvgIpc) is 2.88. The Morgan fingerprint density at radius 2 is 2.00 bits per heavy atom. The van der Waals surface area contributed by atoms with Crippen LogP contribution in [0.15, 0.2) is 18.2 Å². The van der Waals surface area contributed by atoms with Gasteiger partial charge in [0.2, 0.25) is 0 Å². The summed E-state index contributed by atoms with van der Waals surface area (Å²) in [5.41, 5.74) is 0.331. The van der Waals surface area contributed by atoms with Crippen LogP contribution >= 0.6 is 0 Å². The van der Waals surface area contributed by atoms with E-state index in [1.165, 1.54) is 6.07 Å². The standard InChI is InChI=1S/C14H16F2N2/c15-13-7-3-4-11(14(13)16)10-18(9-8-17)12-5-1-2-6-12/h3-4,7,12H,1-2,5-6,9-10H2. The molecule has 0 saturated heterocycles. The molecule has 0 heterocycles. The first-order valence-electron chi connectivity index (χ1n) is 6.26. The summed E-state index contributed by atoms with van der Waals surface area (Å²) in [6, 6.07) is 6.64. The maximum absolute atomic E-state index is 13.6. The summed E-state index contributed by atoms with van der Waals surface area (Å²) in [6.07, 6.45) is 4.38. The van der Waals surface area contributed by atoms with E-state index in [1.807, 2.05) is 4.90 Å². The molecule has 1 aromatic rings. The van der Waals surface area contributed by atoms with Gasteiger partial charge in [0, 0.05) is 18.2 Å². The second kappa shape index (κ2) is 5.92. The number of hydrogen-bond acceptors (Lipinski definition) is 2. The van der Waals surface area contributed by atoms with Crippen molar-refractivity contribution < 1.29 is 8.78 Å². The van der Waals surface area contributed by atoms with Gasteiger partial charge < -0.3 is 0 Å². The molecule has 2 rings (SSSR count). The van der Waals surface area contributed by atoms with Gasteiger partial charge in [0.05, 0.1) is 12.6 Å². The van der Waals surface area contributed by atoms with Crippen molar-refractivity contribution in [2.24, 2.45) is 0 Å². The fourth-order valence-corrected chi connectivity index (χ4v) is 2.56. The first-order chi connectivity index (χ1) is 8.72. The third kappa shape index (κ3) is 2.85. The molecule has 1 fully saturated rings. The summed E-state index contributed by atoms with van der Waals surface area (Å²) in [7, 11) is 0. The van der Waals surface area contributed by atoms with E-state index in [2.05, 4.69) is 6.07 Å². The topological polar surface area (TPSA) is 27.0 Å². The van der Waals surface area contributed by atoms with Gasteiger partial charge in [-0.25, -0.2) is 8.78 Å². The molecule has 18 heavy (non-hydrogen) atoms. The molecule has 0 N–H and O–H groups in total. The molecule has 0 atom stereocenters. The van der Waals surface area contributed by atoms with Gasteiger partial charge >= 0.3 is 0 Å². The zero-order chi connectivity index (χ0) is 13.0. The van der Waals surface area contributed by atoms with Crippen molar-refractivity contribution >= 4 is 0 Å². The Morgan fingerprint density at radius 3 is 2.67 bits per heavy atom. The molecule has 1 saturated carbocycles. The maximum atomic E-state index is 13.6. The molecule has 0 aromatic heterocycles. The summed E-state index contributed by atoms with van der Waals surface area (Å²) in [6.45, 7) is 0.572. The minimum Gasteiger partial charge on any atom is -0.283 e. The molecular formula is C14H16F2N2. The second-order valence-corrected chi connectivity index (χ2v) is 4.71. The minimum absolute atomic E-state index is 0.265. The molecule has 1 aromatic carbocycles. The van der Waals surface area contributed by atoms with Crippen LogP contribution in [0.4, 0.5) is 8.78 Å². The van der Waals surface area contributed by atoms with Crippen molar-refractivity contribution in [3.63, 3.8) is 0 Å². The summed E-state index contributed by atoms with van der Waals surface area (Å²) in [5.74, 6) is -1.62. The molecule has 0 aliphatic heterocycles. The van der Waals surface area contributed by atoms with E-state index in [1.54, 1.807) is 6.07 Å². The van der Waals surface area contributed by atoms with Crippen molar-refractivity contribution in [1.82, 2.24) is 4.90 Å². The van der Waals surface area contributed by atoms with Crippen LogP contribution in [0.2, 0.25) is 0 Å². The van der Waals surface area contributed by atoms with Gasteiger partial charge in [0.15, 0.2) is 11.6 Å². The molecular weight excluding hydrogens is 234 g/mol. The van der Waals surface area contributed by atoms with E-state index in [-0.39, 0.29) is 6.54 Å². The normalized spacial score (nSPS) is 16.1. The Kier molecular flexibility index (Phi) is 4.27. The van der Waals surface area contributed by atoms with Crippen LogP contribution in [0.1, 0.15) is 31.2 Å². The third-order valence-corrected chi connectivity index (χ3v) is 3.52. The summed E-state index contributed by atoms with van der Waals surface area (Å²) in [4.78, 5) is 1.95. The zero-order valence-electron chi connectivity index (χ0n) is 10.2. The van der Waals surface area contributed by atoms with E-state index >= 15 is 0 Å². The Hall–Kier alpha value is -1.47. The van der Waals surface area contributed by atoms with Crippen LogP contribution < -0.4 is 0 Å². The van der Waals surface area contributed by atoms with E-state index in [0.29, 0.717) is 18.2 Å². The highest BCUT2D eigenvalue weighted by atomic mass is 19.2. The van der Waals surface area contributed by atoms with Gasteiger partial charge in [0.1, 0.15) is 0 Å². The molecule has 1 aliphatic rings. The highest BCUT2D eigenvalue weighted by Gasteiger charge is 2.23. The molecule has 2 nitrogen and oxygen atoms in total. The Bertz CT molecular complexity index is 448. The van der Waals surface area contributed by atoms with Crippen LogP contribution in [-0.4, -0.2) is 17.5 Å². The predicted octanol–water partition coefficient (Wildman–Crippen LogP) is 3.23. The van der Waals surface area contributed by atoms with Crippen molar-refractivity contribution in [2.75, 3.05) is 6.54 Å². The lowest BCUT2D eigenvalue weighted by Crippen LogP contribution is -2.33. The maximum Gasteiger partial charge on any atom is 0.163 e. The molecule has 0 amide bonds. The molecule has 96 valence electrons. The van der Waals surface area contributed by atoms with Crippen LogP contribution in [0.5, 0.6) is 0 Å². The molecule has 4 heteroatoms. The van der Waals surface area contributed by atoms with Gasteiger partial charge in [-0.3, -0.25) is 4.90 Å². The summed E-state index contributed by atoms with van der Waals surface area (Å²) in [5, 5.41) is 8.84. The second-order valence-electron chi connectivity index (χ2n) is 4.71. The number of benzene rings is 1. The van der Waals surface area contributed by atoms with E-state index in [0.717, 1.165) is 31.7 Å². The highest BCUT2D eigenvalue weighted by molar-refractivity contribution is 5.19. The first kappa shape index (κ1) is 13.0. The largest absolute Gasteiger partial charge is 0.283 e. The number of nitriles is 1. The van der Waals surface area contributed by atoms with Crippen molar-refractivity contribution in [3.8, 4) is 6.07 Å². The van der Waals surface area contributed by atoms with Gasteiger partial charge in [-0.1, -0.05) is 25.0 Å². The zero-order valence-corrected chi connectivity index (χ0v) is 10.2. The lowest BCUT2D eigenvalue weighted by molar-refractivity contribution is 0.210. The molecule has 0 unspecified atom stereocenters. The SMILES string of the molecule is N#CCN(Cc1cccc(F)c1F)C1CCCC1. The quantitative estimate of drug-likeness (QED) is 0.767. The van der Waals surface area contributed by atoms with Gasteiger partial charge in [-0.05, 0) is 18.9 Å². The van der Waals surface area contributed by atoms with Crippen LogP contribution in [0, 0.1) is 23.0 Å². The first-order valence-corrected chi connectivity index (χ1v) is 6.26. The van der Waals surface area contributed by atoms with E-state index < -0.39 is 11.6 Å². The van der Waals surface area contributed by atoms with E-state index in [9.17, 15) is 8.78 Å². The van der Waals surface area contributed by atoms with Crippen LogP contribution in [0.3, 0.4) is 0 Å². The Labute approximate surface area is 106 Å². The van der Waals surface area contributed by atoms with Crippen molar-refractivity contribution in [2.45, 2.75) is 38.3 Å².